The number of sulfonamides is 1. The number of aliphatic hydroxyl groups is 1. The smallest absolute Gasteiger partial charge is 0.229 e. The summed E-state index contributed by atoms with van der Waals surface area (Å²) < 4.78 is 35.8. The number of anilines is 1. The third-order valence-electron chi connectivity index (χ3n) is 5.71. The van der Waals surface area contributed by atoms with Crippen LogP contribution in [0.5, 0.6) is 11.5 Å². The Morgan fingerprint density at radius 3 is 2.30 bits per heavy atom. The number of aliphatic hydroxyl groups excluding tert-OH is 1. The molecule has 1 unspecified atom stereocenters. The van der Waals surface area contributed by atoms with E-state index in [9.17, 15) is 18.3 Å². The number of carbonyl (C=O) groups excluding carboxylic acids is 1. The molecule has 0 aliphatic carbocycles. The minimum Gasteiger partial charge on any atom is -0.493 e. The zero-order valence-corrected chi connectivity index (χ0v) is 20.6. The van der Waals surface area contributed by atoms with Crippen LogP contribution in [-0.4, -0.2) is 64.3 Å². The van der Waals surface area contributed by atoms with Gasteiger partial charge in [-0.15, -0.1) is 12.4 Å². The lowest BCUT2D eigenvalue weighted by molar-refractivity contribution is 0.0547. The highest BCUT2D eigenvalue weighted by molar-refractivity contribution is 7.92. The molecule has 1 aliphatic heterocycles. The fraction of sp³-hybridized carbons (Fsp3) is 0.435. The first kappa shape index (κ1) is 26.9. The van der Waals surface area contributed by atoms with Gasteiger partial charge in [0, 0.05) is 16.8 Å². The van der Waals surface area contributed by atoms with Crippen LogP contribution in [0.1, 0.15) is 34.9 Å². The molecular formula is C23H31ClN2O6S. The fourth-order valence-corrected chi connectivity index (χ4v) is 4.62. The molecule has 0 aromatic heterocycles. The third-order valence-corrected chi connectivity index (χ3v) is 6.31. The molecule has 1 heterocycles. The van der Waals surface area contributed by atoms with Crippen molar-refractivity contribution in [3.63, 3.8) is 0 Å². The molecule has 10 heteroatoms. The number of hydrogen-bond acceptors (Lipinski definition) is 7. The first-order valence-corrected chi connectivity index (χ1v) is 12.3. The van der Waals surface area contributed by atoms with Gasteiger partial charge in [-0.3, -0.25) is 14.4 Å². The number of likely N-dealkylation sites (tertiary alicyclic amines) is 1. The predicted octanol–water partition coefficient (Wildman–Crippen LogP) is 3.13. The number of ketones is 1. The minimum atomic E-state index is -3.35. The van der Waals surface area contributed by atoms with Gasteiger partial charge < -0.3 is 14.6 Å². The normalized spacial score (nSPS) is 15.9. The average Bonchev–Trinajstić information content (AvgIpc) is 2.77. The van der Waals surface area contributed by atoms with Gasteiger partial charge in [-0.1, -0.05) is 12.1 Å². The van der Waals surface area contributed by atoms with Crippen molar-refractivity contribution in [2.45, 2.75) is 18.9 Å². The lowest BCUT2D eigenvalue weighted by atomic mass is 9.87. The van der Waals surface area contributed by atoms with Crippen LogP contribution >= 0.6 is 12.4 Å². The van der Waals surface area contributed by atoms with Crippen LogP contribution in [0.4, 0.5) is 5.69 Å². The highest BCUT2D eigenvalue weighted by atomic mass is 35.5. The van der Waals surface area contributed by atoms with E-state index >= 15 is 0 Å². The third kappa shape index (κ3) is 7.07. The Morgan fingerprint density at radius 1 is 1.12 bits per heavy atom. The molecule has 3 rings (SSSR count). The molecule has 8 nitrogen and oxygen atoms in total. The van der Waals surface area contributed by atoms with Crippen molar-refractivity contribution in [2.24, 2.45) is 5.92 Å². The molecule has 1 aliphatic rings. The Hall–Kier alpha value is -2.33. The summed E-state index contributed by atoms with van der Waals surface area (Å²) in [4.78, 5) is 14.7. The van der Waals surface area contributed by atoms with E-state index < -0.39 is 16.1 Å². The van der Waals surface area contributed by atoms with E-state index in [0.29, 0.717) is 41.4 Å². The molecule has 0 radical (unpaired) electrons. The Balaban J connectivity index is 0.00000385. The lowest BCUT2D eigenvalue weighted by Crippen LogP contribution is -2.38. The molecule has 1 atom stereocenters. The molecule has 0 bridgehead atoms. The average molecular weight is 499 g/mol. The maximum absolute atomic E-state index is 12.6. The Kier molecular flexibility index (Phi) is 9.54. The highest BCUT2D eigenvalue weighted by Crippen LogP contribution is 2.39. The number of Topliss-reactive ketones (excluding diaryl/α,β-unsaturated/α-hetero) is 1. The highest BCUT2D eigenvalue weighted by Gasteiger charge is 2.29. The van der Waals surface area contributed by atoms with Gasteiger partial charge in [0.25, 0.3) is 0 Å². The number of nitrogens with one attached hydrogen (secondary N) is 1. The number of benzene rings is 2. The van der Waals surface area contributed by atoms with Crippen molar-refractivity contribution in [2.75, 3.05) is 44.8 Å². The molecule has 1 saturated heterocycles. The molecule has 33 heavy (non-hydrogen) atoms. The van der Waals surface area contributed by atoms with Crippen molar-refractivity contribution >= 4 is 33.9 Å². The Bertz CT molecular complexity index is 1040. The summed E-state index contributed by atoms with van der Waals surface area (Å²) in [5.41, 5.74) is 1.67. The second-order valence-electron chi connectivity index (χ2n) is 8.02. The first-order valence-electron chi connectivity index (χ1n) is 10.4. The molecule has 2 aromatic carbocycles. The van der Waals surface area contributed by atoms with Gasteiger partial charge in [0.05, 0.1) is 33.1 Å². The molecule has 182 valence electrons. The number of halogens is 1. The molecule has 0 saturated carbocycles. The van der Waals surface area contributed by atoms with Crippen LogP contribution < -0.4 is 14.2 Å². The van der Waals surface area contributed by atoms with Crippen LogP contribution in [0.15, 0.2) is 42.5 Å². The molecule has 0 amide bonds. The van der Waals surface area contributed by atoms with E-state index in [-0.39, 0.29) is 30.7 Å². The zero-order valence-electron chi connectivity index (χ0n) is 19.0. The maximum atomic E-state index is 12.6. The van der Waals surface area contributed by atoms with E-state index in [2.05, 4.69) is 9.62 Å². The minimum absolute atomic E-state index is 0. The van der Waals surface area contributed by atoms with E-state index in [1.807, 2.05) is 12.1 Å². The summed E-state index contributed by atoms with van der Waals surface area (Å²) in [6.45, 7) is 1.69. The number of para-hydroxylation sites is 1. The number of carbonyl (C=O) groups is 1. The topological polar surface area (TPSA) is 105 Å². The van der Waals surface area contributed by atoms with E-state index in [4.69, 9.17) is 9.47 Å². The lowest BCUT2D eigenvalue weighted by Gasteiger charge is -2.34. The van der Waals surface area contributed by atoms with Crippen LogP contribution in [0.25, 0.3) is 0 Å². The van der Waals surface area contributed by atoms with E-state index in [1.165, 1.54) is 0 Å². The quantitative estimate of drug-likeness (QED) is 0.512. The second kappa shape index (κ2) is 11.7. The van der Waals surface area contributed by atoms with Crippen molar-refractivity contribution < 1.29 is 27.8 Å². The van der Waals surface area contributed by atoms with Crippen molar-refractivity contribution in [3.05, 3.63) is 53.6 Å². The Morgan fingerprint density at radius 2 is 1.76 bits per heavy atom. The number of hydrogen-bond donors (Lipinski definition) is 2. The summed E-state index contributed by atoms with van der Waals surface area (Å²) >= 11 is 0. The Labute approximate surface area is 201 Å². The summed E-state index contributed by atoms with van der Waals surface area (Å²) in [7, 11) is -0.222. The van der Waals surface area contributed by atoms with Gasteiger partial charge in [-0.2, -0.15) is 0 Å². The summed E-state index contributed by atoms with van der Waals surface area (Å²) in [6, 6.07) is 11.9. The molecule has 2 N–H and O–H groups in total. The van der Waals surface area contributed by atoms with Gasteiger partial charge in [0.1, 0.15) is 0 Å². The van der Waals surface area contributed by atoms with Crippen LogP contribution in [0, 0.1) is 5.92 Å². The predicted molar refractivity (Wildman–Crippen MR) is 130 cm³/mol. The standard InChI is InChI=1S/C23H30N2O6S.ClH/c1-30-21-6-4-5-19(23(21)31-2)22(27)17-11-13-25(14-12-17)15-20(26)16-7-9-18(10-8-16)24-32(3,28)29;/h4-10,17,22,24,27H,11-15H2,1-3H3;1H. The number of methoxy groups -OCH3 is 2. The van der Waals surface area contributed by atoms with Crippen molar-refractivity contribution in [1.29, 1.82) is 0 Å². The largest absolute Gasteiger partial charge is 0.493 e. The zero-order chi connectivity index (χ0) is 23.3. The number of rotatable bonds is 9. The molecule has 1 fully saturated rings. The van der Waals surface area contributed by atoms with Crippen LogP contribution in [-0.2, 0) is 10.0 Å². The van der Waals surface area contributed by atoms with Crippen LogP contribution in [0.3, 0.4) is 0 Å². The maximum Gasteiger partial charge on any atom is 0.229 e. The van der Waals surface area contributed by atoms with Crippen molar-refractivity contribution in [1.82, 2.24) is 4.90 Å². The summed E-state index contributed by atoms with van der Waals surface area (Å²) in [6.07, 6.45) is 1.92. The summed E-state index contributed by atoms with van der Waals surface area (Å²) in [5, 5.41) is 11.0. The first-order chi connectivity index (χ1) is 15.2. The number of piperidine rings is 1. The van der Waals surface area contributed by atoms with E-state index in [1.54, 1.807) is 44.6 Å². The summed E-state index contributed by atoms with van der Waals surface area (Å²) in [5.74, 6) is 1.17. The van der Waals surface area contributed by atoms with Gasteiger partial charge in [0.15, 0.2) is 17.3 Å². The fourth-order valence-electron chi connectivity index (χ4n) is 4.06. The van der Waals surface area contributed by atoms with E-state index in [0.717, 1.165) is 19.1 Å². The van der Waals surface area contributed by atoms with Gasteiger partial charge in [-0.05, 0) is 62.2 Å². The molecule has 0 spiro atoms. The van der Waals surface area contributed by atoms with Gasteiger partial charge in [0.2, 0.25) is 10.0 Å². The van der Waals surface area contributed by atoms with Gasteiger partial charge >= 0.3 is 0 Å². The molecule has 2 aromatic rings. The number of nitrogens with zero attached hydrogens (tertiary/aromatic N) is 1. The van der Waals surface area contributed by atoms with Crippen molar-refractivity contribution in [3.8, 4) is 11.5 Å². The monoisotopic (exact) mass is 498 g/mol. The second-order valence-corrected chi connectivity index (χ2v) is 9.76. The molecular weight excluding hydrogens is 468 g/mol. The number of ether oxygens (including phenoxy) is 2. The SMILES string of the molecule is COc1cccc(C(O)C2CCN(CC(=O)c3ccc(NS(C)(=O)=O)cc3)CC2)c1OC.Cl. The van der Waals surface area contributed by atoms with Gasteiger partial charge in [-0.25, -0.2) is 8.42 Å². The van der Waals surface area contributed by atoms with Crippen LogP contribution in [0.2, 0.25) is 0 Å².